The number of ether oxygens (including phenoxy) is 1. The number of nitriles is 1. The van der Waals surface area contributed by atoms with E-state index in [9.17, 15) is 18.0 Å². The number of amides is 1. The van der Waals surface area contributed by atoms with Crippen LogP contribution in [0.5, 0.6) is 5.75 Å². The topological polar surface area (TPSA) is 81.5 Å². The molecule has 2 saturated heterocycles. The van der Waals surface area contributed by atoms with Gasteiger partial charge < -0.3 is 15.0 Å². The fourth-order valence-electron chi connectivity index (χ4n) is 4.68. The van der Waals surface area contributed by atoms with E-state index in [-0.39, 0.29) is 22.8 Å². The molecule has 2 aliphatic heterocycles. The molecule has 1 aliphatic carbocycles. The minimum absolute atomic E-state index is 0.0815. The first-order chi connectivity index (χ1) is 16.2. The molecule has 176 valence electrons. The number of halogens is 3. The van der Waals surface area contributed by atoms with E-state index in [1.54, 1.807) is 29.2 Å². The average molecular weight is 488 g/mol. The molecule has 11 heteroatoms. The first kappa shape index (κ1) is 22.6. The van der Waals surface area contributed by atoms with E-state index in [1.807, 2.05) is 0 Å². The van der Waals surface area contributed by atoms with Gasteiger partial charge in [-0.05, 0) is 74.8 Å². The van der Waals surface area contributed by atoms with Gasteiger partial charge in [-0.3, -0.25) is 9.69 Å². The van der Waals surface area contributed by atoms with Crippen LogP contribution in [0.3, 0.4) is 0 Å². The van der Waals surface area contributed by atoms with Gasteiger partial charge in [0.15, 0.2) is 10.8 Å². The van der Waals surface area contributed by atoms with Crippen LogP contribution < -0.4 is 19.9 Å². The van der Waals surface area contributed by atoms with E-state index < -0.39 is 23.0 Å². The van der Waals surface area contributed by atoms with Crippen LogP contribution in [-0.4, -0.2) is 40.7 Å². The maximum atomic E-state index is 13.5. The van der Waals surface area contributed by atoms with E-state index in [0.717, 1.165) is 43.1 Å². The van der Waals surface area contributed by atoms with Gasteiger partial charge in [-0.25, -0.2) is 4.98 Å². The Morgan fingerprint density at radius 3 is 2.53 bits per heavy atom. The molecule has 1 aromatic heterocycles. The van der Waals surface area contributed by atoms with Crippen LogP contribution in [0.2, 0.25) is 0 Å². The highest BCUT2D eigenvalue weighted by molar-refractivity contribution is 7.81. The molecule has 1 atom stereocenters. The van der Waals surface area contributed by atoms with Gasteiger partial charge in [0.25, 0.3) is 5.91 Å². The second-order valence-electron chi connectivity index (χ2n) is 8.57. The third kappa shape index (κ3) is 3.58. The number of nitrogens with one attached hydrogen (secondary N) is 1. The van der Waals surface area contributed by atoms with Gasteiger partial charge in [0, 0.05) is 12.2 Å². The maximum absolute atomic E-state index is 13.5. The molecular formula is C23H20F3N5O2S. The Bertz CT molecular complexity index is 1180. The van der Waals surface area contributed by atoms with E-state index in [0.29, 0.717) is 24.3 Å². The van der Waals surface area contributed by atoms with Crippen molar-refractivity contribution in [2.24, 2.45) is 0 Å². The molecule has 1 N–H and O–H groups in total. The summed E-state index contributed by atoms with van der Waals surface area (Å²) in [6, 6.07) is 9.44. The molecule has 1 aromatic carbocycles. The highest BCUT2D eigenvalue weighted by Crippen LogP contribution is 2.48. The lowest BCUT2D eigenvalue weighted by Crippen LogP contribution is -2.55. The number of alkyl halides is 3. The first-order valence-corrected chi connectivity index (χ1v) is 11.3. The molecule has 1 unspecified atom stereocenters. The molecule has 1 saturated carbocycles. The number of benzene rings is 1. The zero-order chi connectivity index (χ0) is 24.1. The Hall–Kier alpha value is -3.23. The van der Waals surface area contributed by atoms with Crippen molar-refractivity contribution < 1.29 is 22.7 Å². The summed E-state index contributed by atoms with van der Waals surface area (Å²) in [5.74, 6) is 0.306. The van der Waals surface area contributed by atoms with Gasteiger partial charge >= 0.3 is 6.18 Å². The normalized spacial score (nSPS) is 21.6. The van der Waals surface area contributed by atoms with Gasteiger partial charge in [-0.15, -0.1) is 0 Å². The number of hydrogen-bond donors (Lipinski definition) is 1. The van der Waals surface area contributed by atoms with Crippen LogP contribution >= 0.6 is 12.2 Å². The summed E-state index contributed by atoms with van der Waals surface area (Å²) in [4.78, 5) is 20.0. The Kier molecular flexibility index (Phi) is 5.45. The van der Waals surface area contributed by atoms with Gasteiger partial charge in [0.1, 0.15) is 23.5 Å². The van der Waals surface area contributed by atoms with Gasteiger partial charge in [-0.2, -0.15) is 18.4 Å². The number of aromatic nitrogens is 1. The second-order valence-corrected chi connectivity index (χ2v) is 8.93. The molecule has 0 bridgehead atoms. The van der Waals surface area contributed by atoms with Crippen molar-refractivity contribution in [2.45, 2.75) is 43.5 Å². The van der Waals surface area contributed by atoms with Gasteiger partial charge in [0.2, 0.25) is 0 Å². The van der Waals surface area contributed by atoms with Gasteiger partial charge in [-0.1, -0.05) is 0 Å². The van der Waals surface area contributed by atoms with Crippen molar-refractivity contribution >= 4 is 34.6 Å². The molecule has 3 fully saturated rings. The first-order valence-electron chi connectivity index (χ1n) is 10.9. The van der Waals surface area contributed by atoms with Crippen LogP contribution in [0.25, 0.3) is 0 Å². The zero-order valence-corrected chi connectivity index (χ0v) is 18.7. The van der Waals surface area contributed by atoms with Crippen molar-refractivity contribution in [3.8, 4) is 11.8 Å². The monoisotopic (exact) mass is 487 g/mol. The molecule has 5 rings (SSSR count). The number of hydrogen-bond acceptors (Lipinski definition) is 6. The van der Waals surface area contributed by atoms with Crippen molar-refractivity contribution in [1.82, 2.24) is 10.3 Å². The summed E-state index contributed by atoms with van der Waals surface area (Å²) in [6.07, 6.45) is -0.830. The van der Waals surface area contributed by atoms with Crippen LogP contribution in [0.4, 0.5) is 24.5 Å². The molecule has 34 heavy (non-hydrogen) atoms. The average Bonchev–Trinajstić information content (AvgIpc) is 3.37. The molecule has 1 amide bonds. The Morgan fingerprint density at radius 1 is 1.24 bits per heavy atom. The Labute approximate surface area is 199 Å². The summed E-state index contributed by atoms with van der Waals surface area (Å²) in [5.41, 5.74) is -2.34. The number of carbonyl (C=O) groups excluding carboxylic acids is 1. The number of thiocarbonyl (C=S) groups is 1. The molecule has 7 nitrogen and oxygen atoms in total. The van der Waals surface area contributed by atoms with E-state index >= 15 is 0 Å². The van der Waals surface area contributed by atoms with Crippen molar-refractivity contribution in [2.75, 3.05) is 22.9 Å². The Balaban J connectivity index is 1.48. The lowest BCUT2D eigenvalue weighted by atomic mass is 9.75. The number of carbonyl (C=O) groups is 1. The smallest absolute Gasteiger partial charge is 0.419 e. The summed E-state index contributed by atoms with van der Waals surface area (Å²) in [6.45, 7) is 1.69. The minimum Gasteiger partial charge on any atom is -0.489 e. The van der Waals surface area contributed by atoms with Crippen molar-refractivity contribution in [1.29, 1.82) is 5.26 Å². The predicted octanol–water partition coefficient (Wildman–Crippen LogP) is 3.77. The highest BCUT2D eigenvalue weighted by Gasteiger charge is 2.59. The molecule has 3 heterocycles. The second kappa shape index (κ2) is 8.21. The summed E-state index contributed by atoms with van der Waals surface area (Å²) < 4.78 is 46.5. The maximum Gasteiger partial charge on any atom is 0.419 e. The molecule has 2 aromatic rings. The van der Waals surface area contributed by atoms with Crippen LogP contribution in [0.1, 0.15) is 36.9 Å². The molecule has 0 radical (unpaired) electrons. The van der Waals surface area contributed by atoms with Gasteiger partial charge in [0.05, 0.1) is 17.4 Å². The van der Waals surface area contributed by atoms with Crippen LogP contribution in [0, 0.1) is 11.3 Å². The molecule has 3 aliphatic rings. The van der Waals surface area contributed by atoms with Crippen molar-refractivity contribution in [3.05, 3.63) is 47.8 Å². The highest BCUT2D eigenvalue weighted by atomic mass is 32.1. The fraction of sp³-hybridized carbons (Fsp3) is 0.391. The molecule has 1 spiro atoms. The van der Waals surface area contributed by atoms with Crippen LogP contribution in [0.15, 0.2) is 36.5 Å². The summed E-state index contributed by atoms with van der Waals surface area (Å²) in [5, 5.41) is 12.4. The van der Waals surface area contributed by atoms with Crippen molar-refractivity contribution in [3.63, 3.8) is 0 Å². The van der Waals surface area contributed by atoms with E-state index in [4.69, 9.17) is 22.2 Å². The third-order valence-electron chi connectivity index (χ3n) is 6.55. The molecular weight excluding hydrogens is 467 g/mol. The van der Waals surface area contributed by atoms with E-state index in [2.05, 4.69) is 10.3 Å². The number of anilines is 2. The zero-order valence-electron chi connectivity index (χ0n) is 17.9. The minimum atomic E-state index is -4.79. The SMILES string of the molecule is N#Cc1ncc(N2C(=O)C3(CCC3)N(c3ccc(OC4CCNC4)cc3)C2=S)cc1C(F)(F)F. The number of rotatable bonds is 4. The predicted molar refractivity (Wildman–Crippen MR) is 121 cm³/mol. The summed E-state index contributed by atoms with van der Waals surface area (Å²) in [7, 11) is 0. The van der Waals surface area contributed by atoms with E-state index in [1.165, 1.54) is 6.07 Å². The van der Waals surface area contributed by atoms with Crippen LogP contribution in [-0.2, 0) is 11.0 Å². The summed E-state index contributed by atoms with van der Waals surface area (Å²) >= 11 is 5.62. The largest absolute Gasteiger partial charge is 0.489 e. The fourth-order valence-corrected chi connectivity index (χ4v) is 5.15. The lowest BCUT2D eigenvalue weighted by Gasteiger charge is -2.43. The lowest BCUT2D eigenvalue weighted by molar-refractivity contribution is -0.138. The third-order valence-corrected chi connectivity index (χ3v) is 6.91. The standard InChI is InChI=1S/C23H20F3N5O2S/c24-23(25,26)18-10-15(12-29-19(18)11-27)30-20(32)22(7-1-8-22)31(21(30)34)14-2-4-16(5-3-14)33-17-6-9-28-13-17/h2-5,10,12,17,28H,1,6-9,13H2. The Morgan fingerprint density at radius 2 is 1.97 bits per heavy atom. The number of pyridine rings is 1. The quantitative estimate of drug-likeness (QED) is 0.658. The number of nitrogens with zero attached hydrogens (tertiary/aromatic N) is 4.